The minimum atomic E-state index is -0.719. The molecule has 2 aromatic carbocycles. The van der Waals surface area contributed by atoms with E-state index in [1.54, 1.807) is 16.2 Å². The van der Waals surface area contributed by atoms with Crippen molar-refractivity contribution < 1.29 is 9.59 Å². The predicted octanol–water partition coefficient (Wildman–Crippen LogP) is 4.10. The molecule has 2 heterocycles. The highest BCUT2D eigenvalue weighted by Gasteiger charge is 2.39. The van der Waals surface area contributed by atoms with Gasteiger partial charge in [-0.05, 0) is 56.4 Å². The van der Waals surface area contributed by atoms with E-state index in [1.165, 1.54) is 0 Å². The van der Waals surface area contributed by atoms with E-state index in [0.29, 0.717) is 17.8 Å². The van der Waals surface area contributed by atoms with Crippen molar-refractivity contribution in [1.29, 1.82) is 0 Å². The highest BCUT2D eigenvalue weighted by Crippen LogP contribution is 2.44. The smallest absolute Gasteiger partial charge is 0.259 e. The molecular weight excluding hydrogens is 394 g/mol. The molecule has 0 saturated heterocycles. The molecular formula is C24H25N3O2S. The molecule has 1 aromatic heterocycles. The molecule has 0 fully saturated rings. The molecule has 1 unspecified atom stereocenters. The van der Waals surface area contributed by atoms with Crippen LogP contribution < -0.4 is 10.2 Å². The third-order valence-electron chi connectivity index (χ3n) is 5.20. The normalized spacial score (nSPS) is 15.5. The zero-order valence-electron chi connectivity index (χ0n) is 17.4. The summed E-state index contributed by atoms with van der Waals surface area (Å²) in [6, 6.07) is 18.4. The Bertz CT molecular complexity index is 1080. The average molecular weight is 420 g/mol. The van der Waals surface area contributed by atoms with Gasteiger partial charge in [-0.25, -0.2) is 0 Å². The number of nitrogens with one attached hydrogen (secondary N) is 1. The molecule has 0 radical (unpaired) electrons. The van der Waals surface area contributed by atoms with Crippen LogP contribution in [0.4, 0.5) is 5.69 Å². The number of likely N-dealkylation sites (N-methyl/N-ethyl adjacent to an activating group) is 1. The number of aryl methyl sites for hydroxylation is 1. The van der Waals surface area contributed by atoms with Crippen molar-refractivity contribution in [2.24, 2.45) is 0 Å². The van der Waals surface area contributed by atoms with Crippen LogP contribution in [0.5, 0.6) is 0 Å². The van der Waals surface area contributed by atoms with Crippen LogP contribution in [0.2, 0.25) is 0 Å². The molecule has 4 rings (SSSR count). The number of carbonyl (C=O) groups is 2. The Morgan fingerprint density at radius 3 is 2.40 bits per heavy atom. The Morgan fingerprint density at radius 2 is 1.70 bits per heavy atom. The average Bonchev–Trinajstić information content (AvgIpc) is 3.08. The first-order chi connectivity index (χ1) is 14.5. The number of carbonyl (C=O) groups excluding carboxylic acids is 2. The van der Waals surface area contributed by atoms with Crippen LogP contribution in [-0.4, -0.2) is 43.9 Å². The van der Waals surface area contributed by atoms with Gasteiger partial charge in [0, 0.05) is 34.1 Å². The van der Waals surface area contributed by atoms with Gasteiger partial charge in [-0.2, -0.15) is 0 Å². The van der Waals surface area contributed by atoms with Crippen LogP contribution in [0.1, 0.15) is 26.2 Å². The van der Waals surface area contributed by atoms with Gasteiger partial charge in [0.2, 0.25) is 5.91 Å². The van der Waals surface area contributed by atoms with Crippen LogP contribution in [0.3, 0.4) is 0 Å². The lowest BCUT2D eigenvalue weighted by atomic mass is 9.99. The summed E-state index contributed by atoms with van der Waals surface area (Å²) in [5.74, 6) is -0.324. The Balaban J connectivity index is 1.88. The van der Waals surface area contributed by atoms with Crippen molar-refractivity contribution in [2.75, 3.05) is 32.1 Å². The maximum atomic E-state index is 13.7. The number of nitrogens with zero attached hydrogens (tertiary/aromatic N) is 2. The minimum Gasteiger partial charge on any atom is -0.353 e. The summed E-state index contributed by atoms with van der Waals surface area (Å²) in [5, 5.41) is 3.04. The molecule has 2 amide bonds. The minimum absolute atomic E-state index is 0.161. The van der Waals surface area contributed by atoms with Crippen LogP contribution in [-0.2, 0) is 4.79 Å². The SMILES string of the molecule is Cc1cc2c(s1)C(C(=O)NCCN(C)C)N(c1ccccc1)C(=O)c1ccccc1-2. The van der Waals surface area contributed by atoms with E-state index in [4.69, 9.17) is 0 Å². The van der Waals surface area contributed by atoms with Gasteiger partial charge in [0.15, 0.2) is 6.04 Å². The molecule has 0 bridgehead atoms. The quantitative estimate of drug-likeness (QED) is 0.677. The molecule has 154 valence electrons. The number of amides is 2. The standard InChI is InChI=1S/C24H25N3O2S/c1-16-15-20-18-11-7-8-12-19(18)24(29)27(17-9-5-4-6-10-17)21(22(20)30-16)23(28)25-13-14-26(2)3/h4-12,15,21H,13-14H2,1-3H3,(H,25,28). The summed E-state index contributed by atoms with van der Waals surface area (Å²) >= 11 is 1.58. The van der Waals surface area contributed by atoms with Crippen LogP contribution in [0, 0.1) is 6.92 Å². The fourth-order valence-corrected chi connectivity index (χ4v) is 4.93. The van der Waals surface area contributed by atoms with Crippen molar-refractivity contribution in [1.82, 2.24) is 10.2 Å². The molecule has 30 heavy (non-hydrogen) atoms. The lowest BCUT2D eigenvalue weighted by Crippen LogP contribution is -2.44. The number of hydrogen-bond acceptors (Lipinski definition) is 4. The van der Waals surface area contributed by atoms with E-state index in [0.717, 1.165) is 27.4 Å². The van der Waals surface area contributed by atoms with Crippen LogP contribution >= 0.6 is 11.3 Å². The zero-order valence-corrected chi connectivity index (χ0v) is 18.2. The molecule has 1 aliphatic heterocycles. The van der Waals surface area contributed by atoms with E-state index in [-0.39, 0.29) is 11.8 Å². The second-order valence-electron chi connectivity index (χ2n) is 7.69. The fourth-order valence-electron chi connectivity index (χ4n) is 3.81. The topological polar surface area (TPSA) is 52.7 Å². The second kappa shape index (κ2) is 8.42. The summed E-state index contributed by atoms with van der Waals surface area (Å²) in [6.07, 6.45) is 0. The van der Waals surface area contributed by atoms with Crippen molar-refractivity contribution in [3.8, 4) is 11.1 Å². The summed E-state index contributed by atoms with van der Waals surface area (Å²) in [5.41, 5.74) is 3.17. The zero-order chi connectivity index (χ0) is 21.3. The third-order valence-corrected chi connectivity index (χ3v) is 6.30. The third kappa shape index (κ3) is 3.76. The van der Waals surface area contributed by atoms with Gasteiger partial charge in [0.1, 0.15) is 0 Å². The molecule has 3 aromatic rings. The van der Waals surface area contributed by atoms with E-state index in [1.807, 2.05) is 80.5 Å². The number of benzene rings is 2. The van der Waals surface area contributed by atoms with Crippen molar-refractivity contribution in [2.45, 2.75) is 13.0 Å². The summed E-state index contributed by atoms with van der Waals surface area (Å²) in [6.45, 7) is 3.29. The van der Waals surface area contributed by atoms with Crippen molar-refractivity contribution >= 4 is 28.8 Å². The van der Waals surface area contributed by atoms with Gasteiger partial charge in [0.05, 0.1) is 0 Å². The monoisotopic (exact) mass is 419 g/mol. The lowest BCUT2D eigenvalue weighted by Gasteiger charge is -2.29. The van der Waals surface area contributed by atoms with Gasteiger partial charge >= 0.3 is 0 Å². The van der Waals surface area contributed by atoms with Gasteiger partial charge < -0.3 is 10.2 Å². The van der Waals surface area contributed by atoms with E-state index < -0.39 is 6.04 Å². The predicted molar refractivity (Wildman–Crippen MR) is 122 cm³/mol. The van der Waals surface area contributed by atoms with Crippen LogP contribution in [0.15, 0.2) is 60.7 Å². The molecule has 1 aliphatic rings. The number of hydrogen-bond donors (Lipinski definition) is 1. The number of thiophene rings is 1. The molecule has 6 heteroatoms. The van der Waals surface area contributed by atoms with Gasteiger partial charge in [-0.3, -0.25) is 14.5 Å². The molecule has 0 spiro atoms. The molecule has 1 atom stereocenters. The van der Waals surface area contributed by atoms with Crippen molar-refractivity contribution in [3.63, 3.8) is 0 Å². The molecule has 5 nitrogen and oxygen atoms in total. The maximum Gasteiger partial charge on any atom is 0.259 e. The summed E-state index contributed by atoms with van der Waals surface area (Å²) in [4.78, 5) is 32.9. The first-order valence-corrected chi connectivity index (χ1v) is 10.8. The maximum absolute atomic E-state index is 13.7. The first kappa shape index (κ1) is 20.3. The highest BCUT2D eigenvalue weighted by molar-refractivity contribution is 7.12. The Kier molecular flexibility index (Phi) is 5.70. The summed E-state index contributed by atoms with van der Waals surface area (Å²) < 4.78 is 0. The Hall–Kier alpha value is -2.96. The lowest BCUT2D eigenvalue weighted by molar-refractivity contribution is -0.122. The second-order valence-corrected chi connectivity index (χ2v) is 8.98. The van der Waals surface area contributed by atoms with Gasteiger partial charge in [-0.15, -0.1) is 11.3 Å². The van der Waals surface area contributed by atoms with E-state index in [9.17, 15) is 9.59 Å². The Morgan fingerprint density at radius 1 is 1.03 bits per heavy atom. The number of fused-ring (bicyclic) bond motifs is 3. The van der Waals surface area contributed by atoms with E-state index in [2.05, 4.69) is 11.4 Å². The molecule has 1 N–H and O–H groups in total. The first-order valence-electron chi connectivity index (χ1n) is 9.98. The van der Waals surface area contributed by atoms with E-state index >= 15 is 0 Å². The van der Waals surface area contributed by atoms with Gasteiger partial charge in [-0.1, -0.05) is 36.4 Å². The van der Waals surface area contributed by atoms with Crippen molar-refractivity contribution in [3.05, 3.63) is 76.0 Å². The Labute approximate surface area is 180 Å². The largest absolute Gasteiger partial charge is 0.353 e. The molecule has 0 aliphatic carbocycles. The van der Waals surface area contributed by atoms with Gasteiger partial charge in [0.25, 0.3) is 5.91 Å². The highest BCUT2D eigenvalue weighted by atomic mass is 32.1. The number of rotatable bonds is 5. The van der Waals surface area contributed by atoms with Crippen LogP contribution in [0.25, 0.3) is 11.1 Å². The summed E-state index contributed by atoms with van der Waals surface area (Å²) in [7, 11) is 3.93. The fraction of sp³-hybridized carbons (Fsp3) is 0.250. The molecule has 0 saturated carbocycles. The number of anilines is 1. The number of para-hydroxylation sites is 1.